The SMILES string of the molecule is Cc1ccc(S(=O)(=O)NCCc2cc(C)n(C3CC3)c2C)c(C)c1. The summed E-state index contributed by atoms with van der Waals surface area (Å²) in [5, 5.41) is 0. The van der Waals surface area contributed by atoms with Gasteiger partial charge in [-0.15, -0.1) is 0 Å². The molecule has 1 N–H and O–H groups in total. The van der Waals surface area contributed by atoms with Gasteiger partial charge in [0.2, 0.25) is 10.0 Å². The average Bonchev–Trinajstić information content (AvgIpc) is 3.26. The van der Waals surface area contributed by atoms with Crippen molar-refractivity contribution in [3.8, 4) is 0 Å². The predicted molar refractivity (Wildman–Crippen MR) is 97.0 cm³/mol. The van der Waals surface area contributed by atoms with E-state index in [1.807, 2.05) is 26.0 Å². The highest BCUT2D eigenvalue weighted by Gasteiger charge is 2.27. The summed E-state index contributed by atoms with van der Waals surface area (Å²) < 4.78 is 30.2. The van der Waals surface area contributed by atoms with Crippen molar-refractivity contribution in [2.45, 2.75) is 57.9 Å². The molecule has 130 valence electrons. The van der Waals surface area contributed by atoms with Crippen LogP contribution < -0.4 is 4.72 Å². The van der Waals surface area contributed by atoms with Gasteiger partial charge in [0.15, 0.2) is 0 Å². The van der Waals surface area contributed by atoms with Crippen molar-refractivity contribution in [2.24, 2.45) is 0 Å². The smallest absolute Gasteiger partial charge is 0.240 e. The first-order valence-electron chi connectivity index (χ1n) is 8.54. The van der Waals surface area contributed by atoms with Gasteiger partial charge in [-0.05, 0) is 70.2 Å². The molecule has 0 spiro atoms. The molecule has 3 rings (SSSR count). The van der Waals surface area contributed by atoms with E-state index in [0.29, 0.717) is 17.5 Å². The molecule has 0 radical (unpaired) electrons. The number of sulfonamides is 1. The van der Waals surface area contributed by atoms with Crippen molar-refractivity contribution >= 4 is 10.0 Å². The lowest BCUT2D eigenvalue weighted by Gasteiger charge is -2.10. The zero-order valence-electron chi connectivity index (χ0n) is 14.9. The fourth-order valence-corrected chi connectivity index (χ4v) is 4.75. The van der Waals surface area contributed by atoms with Gasteiger partial charge in [0.25, 0.3) is 0 Å². The van der Waals surface area contributed by atoms with E-state index in [9.17, 15) is 8.42 Å². The Kier molecular flexibility index (Phi) is 4.58. The van der Waals surface area contributed by atoms with Crippen molar-refractivity contribution in [2.75, 3.05) is 6.54 Å². The summed E-state index contributed by atoms with van der Waals surface area (Å²) in [5.41, 5.74) is 5.65. The highest BCUT2D eigenvalue weighted by atomic mass is 32.2. The molecule has 1 aliphatic carbocycles. The van der Waals surface area contributed by atoms with Crippen LogP contribution in [0.2, 0.25) is 0 Å². The van der Waals surface area contributed by atoms with E-state index >= 15 is 0 Å². The molecule has 0 bridgehead atoms. The lowest BCUT2D eigenvalue weighted by molar-refractivity contribution is 0.581. The van der Waals surface area contributed by atoms with Crippen LogP contribution in [-0.4, -0.2) is 19.5 Å². The number of rotatable bonds is 6. The highest BCUT2D eigenvalue weighted by molar-refractivity contribution is 7.89. The molecule has 4 nitrogen and oxygen atoms in total. The van der Waals surface area contributed by atoms with Gasteiger partial charge < -0.3 is 4.57 Å². The third kappa shape index (κ3) is 3.42. The van der Waals surface area contributed by atoms with Crippen LogP contribution in [0.4, 0.5) is 0 Å². The van der Waals surface area contributed by atoms with Crippen LogP contribution in [0.1, 0.15) is 47.0 Å². The molecular formula is C19H26N2O2S. The first kappa shape index (κ1) is 17.2. The molecule has 1 heterocycles. The molecule has 0 saturated heterocycles. The van der Waals surface area contributed by atoms with E-state index in [0.717, 1.165) is 17.5 Å². The molecule has 5 heteroatoms. The molecule has 1 aromatic heterocycles. The summed E-state index contributed by atoms with van der Waals surface area (Å²) in [6.07, 6.45) is 3.24. The number of nitrogens with zero attached hydrogens (tertiary/aromatic N) is 1. The van der Waals surface area contributed by atoms with Crippen LogP contribution in [-0.2, 0) is 16.4 Å². The lowest BCUT2D eigenvalue weighted by Crippen LogP contribution is -2.26. The standard InChI is InChI=1S/C19H26N2O2S/c1-13-5-8-19(14(2)11-13)24(22,23)20-10-9-17-12-15(3)21(16(17)4)18-6-7-18/h5,8,11-12,18,20H,6-7,9-10H2,1-4H3. The maximum atomic E-state index is 12.5. The van der Waals surface area contributed by atoms with Gasteiger partial charge >= 0.3 is 0 Å². The van der Waals surface area contributed by atoms with Crippen LogP contribution in [0, 0.1) is 27.7 Å². The maximum Gasteiger partial charge on any atom is 0.240 e. The molecule has 0 unspecified atom stereocenters. The summed E-state index contributed by atoms with van der Waals surface area (Å²) in [7, 11) is -3.45. The minimum Gasteiger partial charge on any atom is -0.346 e. The summed E-state index contributed by atoms with van der Waals surface area (Å²) >= 11 is 0. The average molecular weight is 346 g/mol. The Balaban J connectivity index is 1.69. The van der Waals surface area contributed by atoms with Gasteiger partial charge in [-0.2, -0.15) is 0 Å². The van der Waals surface area contributed by atoms with Gasteiger partial charge in [0, 0.05) is 24.0 Å². The van der Waals surface area contributed by atoms with Crippen LogP contribution in [0.15, 0.2) is 29.2 Å². The fourth-order valence-electron chi connectivity index (χ4n) is 3.49. The molecule has 2 aromatic rings. The zero-order chi connectivity index (χ0) is 17.5. The second-order valence-electron chi connectivity index (χ2n) is 6.91. The van der Waals surface area contributed by atoms with E-state index < -0.39 is 10.0 Å². The third-order valence-corrected chi connectivity index (χ3v) is 6.43. The second-order valence-corrected chi connectivity index (χ2v) is 8.65. The van der Waals surface area contributed by atoms with Crippen molar-refractivity contribution < 1.29 is 8.42 Å². The summed E-state index contributed by atoms with van der Waals surface area (Å²) in [6, 6.07) is 8.28. The largest absolute Gasteiger partial charge is 0.346 e. The molecule has 0 amide bonds. The van der Waals surface area contributed by atoms with E-state index in [4.69, 9.17) is 0 Å². The fraction of sp³-hybridized carbons (Fsp3) is 0.474. The van der Waals surface area contributed by atoms with Gasteiger partial charge in [-0.25, -0.2) is 13.1 Å². The summed E-state index contributed by atoms with van der Waals surface area (Å²) in [6.45, 7) is 8.50. The third-order valence-electron chi connectivity index (χ3n) is 4.81. The van der Waals surface area contributed by atoms with Crippen molar-refractivity contribution in [1.82, 2.24) is 9.29 Å². The Morgan fingerprint density at radius 2 is 1.83 bits per heavy atom. The Hall–Kier alpha value is -1.59. The van der Waals surface area contributed by atoms with Crippen LogP contribution >= 0.6 is 0 Å². The van der Waals surface area contributed by atoms with Gasteiger partial charge in [0.05, 0.1) is 4.90 Å². The molecule has 24 heavy (non-hydrogen) atoms. The number of aromatic nitrogens is 1. The first-order chi connectivity index (χ1) is 11.3. The van der Waals surface area contributed by atoms with Crippen molar-refractivity contribution in [1.29, 1.82) is 0 Å². The minimum absolute atomic E-state index is 0.372. The van der Waals surface area contributed by atoms with Crippen LogP contribution in [0.25, 0.3) is 0 Å². The van der Waals surface area contributed by atoms with Crippen molar-refractivity contribution in [3.05, 3.63) is 52.3 Å². The second kappa shape index (κ2) is 6.37. The van der Waals surface area contributed by atoms with E-state index in [1.165, 1.54) is 29.8 Å². The molecule has 1 fully saturated rings. The molecule has 0 atom stereocenters. The van der Waals surface area contributed by atoms with Gasteiger partial charge in [-0.1, -0.05) is 17.7 Å². The predicted octanol–water partition coefficient (Wildman–Crippen LogP) is 3.58. The Labute approximate surface area is 144 Å². The van der Waals surface area contributed by atoms with E-state index in [-0.39, 0.29) is 0 Å². The topological polar surface area (TPSA) is 51.1 Å². The monoisotopic (exact) mass is 346 g/mol. The minimum atomic E-state index is -3.45. The van der Waals surface area contributed by atoms with Crippen molar-refractivity contribution in [3.63, 3.8) is 0 Å². The van der Waals surface area contributed by atoms with Crippen LogP contribution in [0.3, 0.4) is 0 Å². The summed E-state index contributed by atoms with van der Waals surface area (Å²) in [5.74, 6) is 0. The van der Waals surface area contributed by atoms with Gasteiger partial charge in [-0.3, -0.25) is 0 Å². The lowest BCUT2D eigenvalue weighted by atomic mass is 10.2. The van der Waals surface area contributed by atoms with E-state index in [1.54, 1.807) is 6.07 Å². The zero-order valence-corrected chi connectivity index (χ0v) is 15.7. The molecular weight excluding hydrogens is 320 g/mol. The molecule has 1 saturated carbocycles. The quantitative estimate of drug-likeness (QED) is 0.869. The number of hydrogen-bond acceptors (Lipinski definition) is 2. The van der Waals surface area contributed by atoms with Crippen LogP contribution in [0.5, 0.6) is 0 Å². The molecule has 0 aliphatic heterocycles. The normalized spacial score (nSPS) is 15.0. The molecule has 1 aromatic carbocycles. The molecule has 1 aliphatic rings. The summed E-state index contributed by atoms with van der Waals surface area (Å²) in [4.78, 5) is 0.372. The number of aryl methyl sites for hydroxylation is 3. The number of nitrogens with one attached hydrogen (secondary N) is 1. The Morgan fingerprint density at radius 1 is 1.12 bits per heavy atom. The Morgan fingerprint density at radius 3 is 2.46 bits per heavy atom. The first-order valence-corrected chi connectivity index (χ1v) is 10.0. The van der Waals surface area contributed by atoms with E-state index in [2.05, 4.69) is 29.2 Å². The number of hydrogen-bond donors (Lipinski definition) is 1. The highest BCUT2D eigenvalue weighted by Crippen LogP contribution is 2.38. The number of benzene rings is 1. The Bertz CT molecular complexity index is 862. The maximum absolute atomic E-state index is 12.5. The van der Waals surface area contributed by atoms with Gasteiger partial charge in [0.1, 0.15) is 0 Å².